The van der Waals surface area contributed by atoms with Crippen molar-refractivity contribution in [2.45, 2.75) is 12.5 Å². The third kappa shape index (κ3) is 2.69. The van der Waals surface area contributed by atoms with Crippen LogP contribution in [0.1, 0.15) is 12.0 Å². The number of methoxy groups -OCH3 is 1. The van der Waals surface area contributed by atoms with Crippen molar-refractivity contribution in [2.24, 2.45) is 0 Å². The number of carbonyl (C=O) groups is 1. The highest BCUT2D eigenvalue weighted by Gasteiger charge is 2.26. The lowest BCUT2D eigenvalue weighted by atomic mass is 10.2. The van der Waals surface area contributed by atoms with Gasteiger partial charge in [-0.2, -0.15) is 5.26 Å². The Hall–Kier alpha value is -2.29. The molecule has 1 aromatic rings. The van der Waals surface area contributed by atoms with Gasteiger partial charge in [0.2, 0.25) is 0 Å². The highest BCUT2D eigenvalue weighted by atomic mass is 16.5. The number of rotatable bonds is 2. The van der Waals surface area contributed by atoms with Crippen LogP contribution in [0, 0.1) is 11.3 Å². The monoisotopic (exact) mass is 246 g/mol. The van der Waals surface area contributed by atoms with E-state index in [1.54, 1.807) is 17.0 Å². The quantitative estimate of drug-likeness (QED) is 0.848. The number of nitrogens with zero attached hydrogens (tertiary/aromatic N) is 3. The first-order valence-electron chi connectivity index (χ1n) is 5.68. The lowest BCUT2D eigenvalue weighted by Gasteiger charge is -2.15. The predicted octanol–water partition coefficient (Wildman–Crippen LogP) is 1.21. The average Bonchev–Trinajstić information content (AvgIpc) is 2.87. The maximum absolute atomic E-state index is 11.3. The molecule has 1 fully saturated rings. The number of pyridine rings is 1. The number of hydrogen-bond donors (Lipinski definition) is 1. The minimum Gasteiger partial charge on any atom is -0.453 e. The Morgan fingerprint density at radius 2 is 2.50 bits per heavy atom. The molecule has 94 valence electrons. The van der Waals surface area contributed by atoms with Crippen LogP contribution >= 0.6 is 0 Å². The number of hydrogen-bond acceptors (Lipinski definition) is 5. The van der Waals surface area contributed by atoms with Crippen molar-refractivity contribution in [3.63, 3.8) is 0 Å². The van der Waals surface area contributed by atoms with E-state index in [0.29, 0.717) is 24.5 Å². The summed E-state index contributed by atoms with van der Waals surface area (Å²) in [6, 6.07) is 5.66. The Balaban J connectivity index is 1.91. The summed E-state index contributed by atoms with van der Waals surface area (Å²) < 4.78 is 4.67. The largest absolute Gasteiger partial charge is 0.453 e. The number of aromatic nitrogens is 1. The Morgan fingerprint density at radius 3 is 3.11 bits per heavy atom. The molecule has 1 atom stereocenters. The smallest absolute Gasteiger partial charge is 0.409 e. The van der Waals surface area contributed by atoms with E-state index < -0.39 is 0 Å². The van der Waals surface area contributed by atoms with Gasteiger partial charge < -0.3 is 15.0 Å². The summed E-state index contributed by atoms with van der Waals surface area (Å²) in [5, 5.41) is 11.9. The first kappa shape index (κ1) is 12.2. The Bertz CT molecular complexity index is 466. The van der Waals surface area contributed by atoms with Crippen LogP contribution in [0.3, 0.4) is 0 Å². The molecular weight excluding hydrogens is 232 g/mol. The van der Waals surface area contributed by atoms with Gasteiger partial charge in [-0.1, -0.05) is 0 Å². The summed E-state index contributed by atoms with van der Waals surface area (Å²) in [6.07, 6.45) is 2.08. The first-order valence-corrected chi connectivity index (χ1v) is 5.68. The number of amides is 1. The molecule has 0 aliphatic carbocycles. The predicted molar refractivity (Wildman–Crippen MR) is 65.0 cm³/mol. The first-order chi connectivity index (χ1) is 8.72. The summed E-state index contributed by atoms with van der Waals surface area (Å²) in [4.78, 5) is 17.1. The Kier molecular flexibility index (Phi) is 3.63. The van der Waals surface area contributed by atoms with Gasteiger partial charge in [-0.3, -0.25) is 0 Å². The van der Waals surface area contributed by atoms with E-state index in [9.17, 15) is 4.79 Å². The minimum atomic E-state index is -0.299. The van der Waals surface area contributed by atoms with Crippen molar-refractivity contribution in [3.05, 3.63) is 23.9 Å². The fraction of sp³-hybridized carbons (Fsp3) is 0.417. The molecule has 2 heterocycles. The molecule has 1 aliphatic rings. The van der Waals surface area contributed by atoms with Crippen LogP contribution < -0.4 is 5.32 Å². The molecule has 1 saturated heterocycles. The molecule has 0 aromatic carbocycles. The molecule has 1 unspecified atom stereocenters. The molecule has 0 spiro atoms. The van der Waals surface area contributed by atoms with E-state index in [1.807, 2.05) is 6.07 Å². The standard InChI is InChI=1S/C12H14N4O2/c1-18-12(17)16-5-4-10(8-16)15-11-3-2-9(6-13)7-14-11/h2-3,7,10H,4-5,8H2,1H3,(H,14,15). The second kappa shape index (κ2) is 5.36. The molecule has 1 aromatic heterocycles. The molecule has 2 rings (SSSR count). The van der Waals surface area contributed by atoms with Crippen molar-refractivity contribution >= 4 is 11.9 Å². The van der Waals surface area contributed by atoms with E-state index in [1.165, 1.54) is 13.3 Å². The molecule has 18 heavy (non-hydrogen) atoms. The van der Waals surface area contributed by atoms with Crippen LogP contribution in [0.4, 0.5) is 10.6 Å². The van der Waals surface area contributed by atoms with E-state index in [2.05, 4.69) is 15.0 Å². The fourth-order valence-corrected chi connectivity index (χ4v) is 1.93. The third-order valence-electron chi connectivity index (χ3n) is 2.87. The van der Waals surface area contributed by atoms with Crippen LogP contribution in [0.15, 0.2) is 18.3 Å². The number of ether oxygens (including phenoxy) is 1. The van der Waals surface area contributed by atoms with Gasteiger partial charge in [-0.25, -0.2) is 9.78 Å². The SMILES string of the molecule is COC(=O)N1CCC(Nc2ccc(C#N)cn2)C1. The van der Waals surface area contributed by atoms with Crippen LogP contribution in [-0.4, -0.2) is 42.2 Å². The van der Waals surface area contributed by atoms with E-state index in [4.69, 9.17) is 5.26 Å². The Labute approximate surface area is 105 Å². The van der Waals surface area contributed by atoms with Crippen LogP contribution in [-0.2, 0) is 4.74 Å². The Morgan fingerprint density at radius 1 is 1.67 bits per heavy atom. The van der Waals surface area contributed by atoms with Gasteiger partial charge in [0.05, 0.1) is 12.7 Å². The summed E-state index contributed by atoms with van der Waals surface area (Å²) in [6.45, 7) is 1.29. The molecule has 1 N–H and O–H groups in total. The van der Waals surface area contributed by atoms with Gasteiger partial charge in [0.15, 0.2) is 0 Å². The topological polar surface area (TPSA) is 78.2 Å². The molecule has 0 bridgehead atoms. The third-order valence-corrected chi connectivity index (χ3v) is 2.87. The second-order valence-electron chi connectivity index (χ2n) is 4.09. The minimum absolute atomic E-state index is 0.171. The number of carbonyl (C=O) groups excluding carboxylic acids is 1. The van der Waals surface area contributed by atoms with Crippen molar-refractivity contribution < 1.29 is 9.53 Å². The van der Waals surface area contributed by atoms with Crippen LogP contribution in [0.2, 0.25) is 0 Å². The highest BCUT2D eigenvalue weighted by molar-refractivity contribution is 5.68. The number of likely N-dealkylation sites (tertiary alicyclic amines) is 1. The zero-order chi connectivity index (χ0) is 13.0. The van der Waals surface area contributed by atoms with E-state index in [-0.39, 0.29) is 12.1 Å². The van der Waals surface area contributed by atoms with Gasteiger partial charge in [0.25, 0.3) is 0 Å². The number of nitrogens with one attached hydrogen (secondary N) is 1. The summed E-state index contributed by atoms with van der Waals surface area (Å²) in [7, 11) is 1.38. The van der Waals surface area contributed by atoms with Crippen LogP contribution in [0.5, 0.6) is 0 Å². The van der Waals surface area contributed by atoms with Crippen molar-refractivity contribution in [3.8, 4) is 6.07 Å². The lowest BCUT2D eigenvalue weighted by Crippen LogP contribution is -2.31. The number of anilines is 1. The maximum Gasteiger partial charge on any atom is 0.409 e. The molecule has 6 heteroatoms. The second-order valence-corrected chi connectivity index (χ2v) is 4.09. The average molecular weight is 246 g/mol. The van der Waals surface area contributed by atoms with Gasteiger partial charge in [-0.15, -0.1) is 0 Å². The molecule has 1 aliphatic heterocycles. The summed E-state index contributed by atoms with van der Waals surface area (Å²) in [5.41, 5.74) is 0.531. The van der Waals surface area contributed by atoms with E-state index in [0.717, 1.165) is 6.42 Å². The van der Waals surface area contributed by atoms with Crippen molar-refractivity contribution in [1.82, 2.24) is 9.88 Å². The van der Waals surface area contributed by atoms with Gasteiger partial charge in [0.1, 0.15) is 11.9 Å². The zero-order valence-corrected chi connectivity index (χ0v) is 10.1. The fourth-order valence-electron chi connectivity index (χ4n) is 1.93. The van der Waals surface area contributed by atoms with Gasteiger partial charge in [-0.05, 0) is 18.6 Å². The summed E-state index contributed by atoms with van der Waals surface area (Å²) in [5.74, 6) is 0.714. The van der Waals surface area contributed by atoms with Crippen molar-refractivity contribution in [1.29, 1.82) is 5.26 Å². The van der Waals surface area contributed by atoms with Gasteiger partial charge >= 0.3 is 6.09 Å². The molecular formula is C12H14N4O2. The van der Waals surface area contributed by atoms with E-state index >= 15 is 0 Å². The zero-order valence-electron chi connectivity index (χ0n) is 10.1. The van der Waals surface area contributed by atoms with Crippen LogP contribution in [0.25, 0.3) is 0 Å². The number of nitriles is 1. The molecule has 1 amide bonds. The summed E-state index contributed by atoms with van der Waals surface area (Å²) >= 11 is 0. The molecule has 0 radical (unpaired) electrons. The van der Waals surface area contributed by atoms with Gasteiger partial charge in [0, 0.05) is 25.3 Å². The normalized spacial score (nSPS) is 18.2. The highest BCUT2D eigenvalue weighted by Crippen LogP contribution is 2.15. The van der Waals surface area contributed by atoms with Crippen molar-refractivity contribution in [2.75, 3.05) is 25.5 Å². The lowest BCUT2D eigenvalue weighted by molar-refractivity contribution is 0.133. The maximum atomic E-state index is 11.3. The molecule has 0 saturated carbocycles. The molecule has 6 nitrogen and oxygen atoms in total.